The number of hydrogen-bond donors (Lipinski definition) is 2. The summed E-state index contributed by atoms with van der Waals surface area (Å²) < 4.78 is 5.50. The molecule has 2 aliphatic rings. The van der Waals surface area contributed by atoms with Crippen LogP contribution in [-0.4, -0.2) is 54.7 Å². The molecule has 1 aliphatic heterocycles. The molecule has 1 amide bonds. The molecule has 2 N–H and O–H groups in total. The maximum Gasteiger partial charge on any atom is 0.251 e. The second-order valence-corrected chi connectivity index (χ2v) is 11.9. The fourth-order valence-corrected chi connectivity index (χ4v) is 6.60. The highest BCUT2D eigenvalue weighted by Crippen LogP contribution is 2.35. The summed E-state index contributed by atoms with van der Waals surface area (Å²) in [5.41, 5.74) is 8.35. The summed E-state index contributed by atoms with van der Waals surface area (Å²) in [5.74, 6) is -0.154. The van der Waals surface area contributed by atoms with Crippen molar-refractivity contribution in [1.82, 2.24) is 15.2 Å². The van der Waals surface area contributed by atoms with Gasteiger partial charge in [0.05, 0.1) is 13.2 Å². The first-order valence-corrected chi connectivity index (χ1v) is 15.6. The van der Waals surface area contributed by atoms with Crippen molar-refractivity contribution in [2.45, 2.75) is 78.9 Å². The normalized spacial score (nSPS) is 16.4. The fraction of sp³-hybridized carbons (Fsp3) is 0.486. The summed E-state index contributed by atoms with van der Waals surface area (Å²) in [6.45, 7) is 13.5. The lowest BCUT2D eigenvalue weighted by molar-refractivity contribution is 0.0342. The van der Waals surface area contributed by atoms with Gasteiger partial charge in [-0.1, -0.05) is 43.5 Å². The molecule has 2 heterocycles. The molecule has 5 rings (SSSR count). The highest BCUT2D eigenvalue weighted by atomic mass is 16.5. The van der Waals surface area contributed by atoms with Gasteiger partial charge in [0.15, 0.2) is 5.43 Å². The minimum Gasteiger partial charge on any atom is -0.379 e. The van der Waals surface area contributed by atoms with Crippen LogP contribution in [0.5, 0.6) is 0 Å². The Bertz CT molecular complexity index is 1430. The molecule has 0 bridgehead atoms. The molecule has 1 saturated carbocycles. The van der Waals surface area contributed by atoms with Crippen molar-refractivity contribution in [2.24, 2.45) is 0 Å². The third kappa shape index (κ3) is 6.96. The van der Waals surface area contributed by atoms with Crippen molar-refractivity contribution >= 4 is 11.6 Å². The lowest BCUT2D eigenvalue weighted by atomic mass is 9.91. The molecule has 0 atom stereocenters. The highest BCUT2D eigenvalue weighted by Gasteiger charge is 2.25. The number of rotatable bonds is 9. The average Bonchev–Trinajstić information content (AvgIpc) is 2.99. The first-order chi connectivity index (χ1) is 20.3. The van der Waals surface area contributed by atoms with Crippen molar-refractivity contribution in [3.8, 4) is 11.1 Å². The number of aromatic amines is 1. The smallest absolute Gasteiger partial charge is 0.251 e. The molecular formula is C35H46N4O3. The Morgan fingerprint density at radius 2 is 1.71 bits per heavy atom. The second-order valence-electron chi connectivity index (χ2n) is 11.9. The number of ether oxygens (including phenoxy) is 1. The molecule has 7 nitrogen and oxygen atoms in total. The molecule has 1 aromatic heterocycles. The molecule has 2 fully saturated rings. The number of H-pyrrole nitrogens is 1. The zero-order valence-corrected chi connectivity index (χ0v) is 25.7. The molecule has 7 heteroatoms. The third-order valence-corrected chi connectivity index (χ3v) is 9.00. The first-order valence-electron chi connectivity index (χ1n) is 15.6. The summed E-state index contributed by atoms with van der Waals surface area (Å²) >= 11 is 0. The van der Waals surface area contributed by atoms with Gasteiger partial charge in [0, 0.05) is 73.0 Å². The number of amides is 1. The predicted octanol–water partition coefficient (Wildman–Crippen LogP) is 5.89. The van der Waals surface area contributed by atoms with Crippen LogP contribution in [0.3, 0.4) is 0 Å². The van der Waals surface area contributed by atoms with Crippen LogP contribution in [0.4, 0.5) is 5.69 Å². The van der Waals surface area contributed by atoms with E-state index in [1.807, 2.05) is 19.9 Å². The van der Waals surface area contributed by atoms with E-state index in [0.29, 0.717) is 17.2 Å². The van der Waals surface area contributed by atoms with Gasteiger partial charge in [0.1, 0.15) is 0 Å². The Labute approximate surface area is 250 Å². The van der Waals surface area contributed by atoms with Crippen molar-refractivity contribution in [2.75, 3.05) is 37.7 Å². The van der Waals surface area contributed by atoms with Gasteiger partial charge >= 0.3 is 0 Å². The van der Waals surface area contributed by atoms with Gasteiger partial charge in [-0.15, -0.1) is 0 Å². The fourth-order valence-electron chi connectivity index (χ4n) is 6.60. The van der Waals surface area contributed by atoms with Crippen LogP contribution in [-0.2, 0) is 17.8 Å². The number of nitrogens with one attached hydrogen (secondary N) is 2. The Hall–Kier alpha value is -3.42. The zero-order valence-electron chi connectivity index (χ0n) is 25.7. The van der Waals surface area contributed by atoms with Crippen LogP contribution >= 0.6 is 0 Å². The van der Waals surface area contributed by atoms with Gasteiger partial charge in [-0.05, 0) is 74.9 Å². The van der Waals surface area contributed by atoms with Gasteiger partial charge in [0.2, 0.25) is 0 Å². The summed E-state index contributed by atoms with van der Waals surface area (Å²) in [5, 5.41) is 3.06. The van der Waals surface area contributed by atoms with E-state index in [0.717, 1.165) is 73.2 Å². The molecule has 224 valence electrons. The maximum atomic E-state index is 13.8. The largest absolute Gasteiger partial charge is 0.379 e. The zero-order chi connectivity index (χ0) is 29.6. The lowest BCUT2D eigenvalue weighted by Crippen LogP contribution is -2.37. The number of carbonyl (C=O) groups is 1. The Morgan fingerprint density at radius 1 is 1.00 bits per heavy atom. The molecule has 0 unspecified atom stereocenters. The minimum absolute atomic E-state index is 0.0539. The van der Waals surface area contributed by atoms with Gasteiger partial charge in [-0.2, -0.15) is 0 Å². The average molecular weight is 571 g/mol. The summed E-state index contributed by atoms with van der Waals surface area (Å²) in [6.07, 6.45) is 6.18. The van der Waals surface area contributed by atoms with Crippen molar-refractivity contribution < 1.29 is 9.53 Å². The SMILES string of the molecule is CCN(c1cc(-c2ccc(CN3CCOCC3)cc2)cc(C(=O)NCc2c(C)[nH]c(C)cc2=O)c1C)C1CCCCC1. The standard InChI is InChI=1S/C35H46N4O3/c1-5-39(30-9-7-6-8-10-30)33-21-29(28-13-11-27(12-14-28)23-38-15-17-42-18-16-38)20-31(25(33)3)35(41)36-22-32-26(4)37-24(2)19-34(32)40/h11-14,19-21,30H,5-10,15-18,22-23H2,1-4H3,(H,36,41)(H,37,40). The molecule has 42 heavy (non-hydrogen) atoms. The number of benzene rings is 2. The topological polar surface area (TPSA) is 77.7 Å². The summed E-state index contributed by atoms with van der Waals surface area (Å²) in [7, 11) is 0. The van der Waals surface area contributed by atoms with Crippen LogP contribution in [0, 0.1) is 20.8 Å². The number of pyridine rings is 1. The number of carbonyl (C=O) groups excluding carboxylic acids is 1. The first kappa shape index (κ1) is 30.1. The van der Waals surface area contributed by atoms with Gasteiger partial charge in [-0.3, -0.25) is 14.5 Å². The van der Waals surface area contributed by atoms with E-state index in [4.69, 9.17) is 4.74 Å². The quantitative estimate of drug-likeness (QED) is 0.336. The van der Waals surface area contributed by atoms with E-state index in [-0.39, 0.29) is 17.9 Å². The highest BCUT2D eigenvalue weighted by molar-refractivity contribution is 5.99. The maximum absolute atomic E-state index is 13.8. The van der Waals surface area contributed by atoms with Gasteiger partial charge in [0.25, 0.3) is 5.91 Å². The third-order valence-electron chi connectivity index (χ3n) is 9.00. The molecule has 3 aromatic rings. The summed E-state index contributed by atoms with van der Waals surface area (Å²) in [6, 6.07) is 15.1. The van der Waals surface area contributed by atoms with Crippen molar-refractivity contribution in [3.63, 3.8) is 0 Å². The van der Waals surface area contributed by atoms with Crippen molar-refractivity contribution in [3.05, 3.63) is 86.3 Å². The molecule has 1 aliphatic carbocycles. The van der Waals surface area contributed by atoms with Crippen LogP contribution in [0.15, 0.2) is 47.3 Å². The molecule has 0 radical (unpaired) electrons. The van der Waals surface area contributed by atoms with Crippen LogP contribution in [0.25, 0.3) is 11.1 Å². The molecule has 1 saturated heterocycles. The number of anilines is 1. The van der Waals surface area contributed by atoms with E-state index < -0.39 is 0 Å². The van der Waals surface area contributed by atoms with Crippen LogP contribution < -0.4 is 15.6 Å². The minimum atomic E-state index is -0.154. The van der Waals surface area contributed by atoms with Crippen LogP contribution in [0.2, 0.25) is 0 Å². The van der Waals surface area contributed by atoms with E-state index in [1.54, 1.807) is 6.07 Å². The van der Waals surface area contributed by atoms with Crippen molar-refractivity contribution in [1.29, 1.82) is 0 Å². The van der Waals surface area contributed by atoms with E-state index in [2.05, 4.69) is 64.3 Å². The predicted molar refractivity (Wildman–Crippen MR) is 170 cm³/mol. The lowest BCUT2D eigenvalue weighted by Gasteiger charge is -2.37. The van der Waals surface area contributed by atoms with E-state index in [9.17, 15) is 9.59 Å². The second kappa shape index (κ2) is 13.7. The Kier molecular flexibility index (Phi) is 9.80. The van der Waals surface area contributed by atoms with Gasteiger partial charge < -0.3 is 19.9 Å². The van der Waals surface area contributed by atoms with Crippen LogP contribution in [0.1, 0.15) is 77.5 Å². The summed E-state index contributed by atoms with van der Waals surface area (Å²) in [4.78, 5) is 34.6. The molecular weight excluding hydrogens is 524 g/mol. The molecule has 2 aromatic carbocycles. The number of morpholine rings is 1. The number of hydrogen-bond acceptors (Lipinski definition) is 5. The van der Waals surface area contributed by atoms with E-state index in [1.165, 1.54) is 37.7 Å². The number of aromatic nitrogens is 1. The Morgan fingerprint density at radius 3 is 2.38 bits per heavy atom. The molecule has 0 spiro atoms. The monoisotopic (exact) mass is 570 g/mol. The number of nitrogens with zero attached hydrogens (tertiary/aromatic N) is 2. The number of aryl methyl sites for hydroxylation is 2. The van der Waals surface area contributed by atoms with E-state index >= 15 is 0 Å². The Balaban J connectivity index is 1.46. The van der Waals surface area contributed by atoms with Gasteiger partial charge in [-0.25, -0.2) is 0 Å².